The van der Waals surface area contributed by atoms with Crippen molar-refractivity contribution in [2.75, 3.05) is 25.1 Å². The van der Waals surface area contributed by atoms with Crippen LogP contribution in [0.1, 0.15) is 12.1 Å². The number of halogens is 3. The number of alkyl halides is 3. The summed E-state index contributed by atoms with van der Waals surface area (Å²) < 4.78 is 39.7. The SMILES string of the molecule is O=C(O)CCc1csc(NCCOCC(F)(F)F)n1. The third-order valence-electron chi connectivity index (χ3n) is 1.94. The number of hydrogen-bond acceptors (Lipinski definition) is 5. The van der Waals surface area contributed by atoms with Crippen molar-refractivity contribution in [1.29, 1.82) is 0 Å². The van der Waals surface area contributed by atoms with E-state index < -0.39 is 18.8 Å². The van der Waals surface area contributed by atoms with E-state index in [2.05, 4.69) is 15.0 Å². The lowest BCUT2D eigenvalue weighted by molar-refractivity contribution is -0.172. The van der Waals surface area contributed by atoms with Gasteiger partial charge in [-0.15, -0.1) is 11.3 Å². The number of rotatable bonds is 8. The first-order chi connectivity index (χ1) is 8.87. The van der Waals surface area contributed by atoms with Crippen LogP contribution in [0.3, 0.4) is 0 Å². The van der Waals surface area contributed by atoms with Gasteiger partial charge in [-0.3, -0.25) is 4.79 Å². The van der Waals surface area contributed by atoms with E-state index in [0.717, 1.165) is 0 Å². The minimum Gasteiger partial charge on any atom is -0.481 e. The van der Waals surface area contributed by atoms with Crippen LogP contribution in [-0.2, 0) is 16.0 Å². The Hall–Kier alpha value is -1.35. The third kappa shape index (κ3) is 7.62. The minimum atomic E-state index is -4.31. The van der Waals surface area contributed by atoms with E-state index in [0.29, 0.717) is 17.2 Å². The minimum absolute atomic E-state index is 0.00212. The fourth-order valence-corrected chi connectivity index (χ4v) is 1.93. The van der Waals surface area contributed by atoms with Crippen LogP contribution >= 0.6 is 11.3 Å². The zero-order valence-corrected chi connectivity index (χ0v) is 10.7. The molecule has 0 aliphatic rings. The van der Waals surface area contributed by atoms with Crippen molar-refractivity contribution >= 4 is 22.4 Å². The second kappa shape index (κ2) is 7.29. The maximum absolute atomic E-state index is 11.8. The highest BCUT2D eigenvalue weighted by Crippen LogP contribution is 2.17. The maximum Gasteiger partial charge on any atom is 0.411 e. The molecule has 1 aromatic heterocycles. The molecule has 5 nitrogen and oxygen atoms in total. The van der Waals surface area contributed by atoms with E-state index in [4.69, 9.17) is 5.11 Å². The van der Waals surface area contributed by atoms with Gasteiger partial charge in [-0.2, -0.15) is 13.2 Å². The lowest BCUT2D eigenvalue weighted by atomic mass is 10.2. The predicted octanol–water partition coefficient (Wildman–Crippen LogP) is 2.15. The van der Waals surface area contributed by atoms with Crippen molar-refractivity contribution in [3.8, 4) is 0 Å². The summed E-state index contributed by atoms with van der Waals surface area (Å²) in [4.78, 5) is 14.5. The Morgan fingerprint density at radius 2 is 2.26 bits per heavy atom. The molecule has 0 atom stereocenters. The Morgan fingerprint density at radius 3 is 2.89 bits per heavy atom. The Bertz CT molecular complexity index is 409. The second-order valence-electron chi connectivity index (χ2n) is 3.63. The first-order valence-corrected chi connectivity index (χ1v) is 6.29. The number of nitrogens with one attached hydrogen (secondary N) is 1. The molecule has 1 rings (SSSR count). The maximum atomic E-state index is 11.8. The summed E-state index contributed by atoms with van der Waals surface area (Å²) in [6.45, 7) is -1.14. The second-order valence-corrected chi connectivity index (χ2v) is 4.49. The zero-order valence-electron chi connectivity index (χ0n) is 9.87. The van der Waals surface area contributed by atoms with Gasteiger partial charge in [-0.1, -0.05) is 0 Å². The van der Waals surface area contributed by atoms with E-state index in [1.807, 2.05) is 0 Å². The van der Waals surface area contributed by atoms with E-state index >= 15 is 0 Å². The van der Waals surface area contributed by atoms with E-state index in [9.17, 15) is 18.0 Å². The van der Waals surface area contributed by atoms with Gasteiger partial charge in [0.1, 0.15) is 6.61 Å². The molecule has 1 heterocycles. The molecule has 0 aliphatic carbocycles. The van der Waals surface area contributed by atoms with Crippen LogP contribution in [0.5, 0.6) is 0 Å². The molecule has 0 amide bonds. The summed E-state index contributed by atoms with van der Waals surface area (Å²) in [5.74, 6) is -0.900. The van der Waals surface area contributed by atoms with Crippen LogP contribution in [0.25, 0.3) is 0 Å². The fourth-order valence-electron chi connectivity index (χ4n) is 1.16. The van der Waals surface area contributed by atoms with Crippen LogP contribution in [-0.4, -0.2) is 42.0 Å². The molecule has 0 unspecified atom stereocenters. The third-order valence-corrected chi connectivity index (χ3v) is 2.78. The Balaban J connectivity index is 2.18. The van der Waals surface area contributed by atoms with E-state index in [1.165, 1.54) is 11.3 Å². The van der Waals surface area contributed by atoms with Gasteiger partial charge in [0.25, 0.3) is 0 Å². The quantitative estimate of drug-likeness (QED) is 0.720. The summed E-state index contributed by atoms with van der Waals surface area (Å²) in [5.41, 5.74) is 0.645. The van der Waals surface area contributed by atoms with Gasteiger partial charge in [-0.25, -0.2) is 4.98 Å². The lowest BCUT2D eigenvalue weighted by Crippen LogP contribution is -2.20. The topological polar surface area (TPSA) is 71.5 Å². The molecule has 0 aromatic carbocycles. The summed E-state index contributed by atoms with van der Waals surface area (Å²) in [7, 11) is 0. The number of anilines is 1. The van der Waals surface area contributed by atoms with Gasteiger partial charge in [0.2, 0.25) is 0 Å². The van der Waals surface area contributed by atoms with Gasteiger partial charge in [0, 0.05) is 18.3 Å². The molecule has 19 heavy (non-hydrogen) atoms. The van der Waals surface area contributed by atoms with Crippen molar-refractivity contribution in [2.24, 2.45) is 0 Å². The van der Waals surface area contributed by atoms with E-state index in [-0.39, 0.29) is 19.6 Å². The van der Waals surface area contributed by atoms with Crippen LogP contribution < -0.4 is 5.32 Å². The molecular weight excluding hydrogens is 285 g/mol. The van der Waals surface area contributed by atoms with E-state index in [1.54, 1.807) is 5.38 Å². The highest BCUT2D eigenvalue weighted by Gasteiger charge is 2.27. The van der Waals surface area contributed by atoms with Gasteiger partial charge in [-0.05, 0) is 0 Å². The van der Waals surface area contributed by atoms with Gasteiger partial charge < -0.3 is 15.2 Å². The van der Waals surface area contributed by atoms with Gasteiger partial charge >= 0.3 is 12.1 Å². The summed E-state index contributed by atoms with van der Waals surface area (Å²) in [5, 5.41) is 13.6. The molecule has 0 saturated carbocycles. The molecule has 0 spiro atoms. The zero-order chi connectivity index (χ0) is 14.3. The number of carboxylic acid groups (broad SMARTS) is 1. The average molecular weight is 298 g/mol. The Morgan fingerprint density at radius 1 is 1.53 bits per heavy atom. The molecule has 0 bridgehead atoms. The molecule has 108 valence electrons. The standard InChI is InChI=1S/C10H13F3N2O3S/c11-10(12,13)6-18-4-3-14-9-15-7(5-19-9)1-2-8(16)17/h5H,1-4,6H2,(H,14,15)(H,16,17). The fraction of sp³-hybridized carbons (Fsp3) is 0.600. The summed E-state index contributed by atoms with van der Waals surface area (Å²) in [6.07, 6.45) is -3.98. The molecule has 9 heteroatoms. The number of thiazole rings is 1. The number of carboxylic acids is 1. The first-order valence-electron chi connectivity index (χ1n) is 5.41. The smallest absolute Gasteiger partial charge is 0.411 e. The highest BCUT2D eigenvalue weighted by atomic mass is 32.1. The molecule has 0 saturated heterocycles. The van der Waals surface area contributed by atoms with Gasteiger partial charge in [0.15, 0.2) is 5.13 Å². The molecule has 0 radical (unpaired) electrons. The monoisotopic (exact) mass is 298 g/mol. The lowest BCUT2D eigenvalue weighted by Gasteiger charge is -2.07. The predicted molar refractivity (Wildman–Crippen MR) is 63.4 cm³/mol. The summed E-state index contributed by atoms with van der Waals surface area (Å²) >= 11 is 1.27. The molecular formula is C10H13F3N2O3S. The Kier molecular flexibility index (Phi) is 6.03. The number of aryl methyl sites for hydroxylation is 1. The first kappa shape index (κ1) is 15.7. The largest absolute Gasteiger partial charge is 0.481 e. The van der Waals surface area contributed by atoms with Crippen molar-refractivity contribution in [2.45, 2.75) is 19.0 Å². The van der Waals surface area contributed by atoms with Crippen LogP contribution in [0.15, 0.2) is 5.38 Å². The molecule has 0 fully saturated rings. The van der Waals surface area contributed by atoms with Crippen molar-refractivity contribution < 1.29 is 27.8 Å². The van der Waals surface area contributed by atoms with Crippen LogP contribution in [0.4, 0.5) is 18.3 Å². The number of ether oxygens (including phenoxy) is 1. The van der Waals surface area contributed by atoms with Gasteiger partial charge in [0.05, 0.1) is 18.7 Å². The Labute approximate surface area is 111 Å². The van der Waals surface area contributed by atoms with Crippen molar-refractivity contribution in [3.63, 3.8) is 0 Å². The molecule has 1 aromatic rings. The van der Waals surface area contributed by atoms with Crippen molar-refractivity contribution in [1.82, 2.24) is 4.98 Å². The number of nitrogens with zero attached hydrogens (tertiary/aromatic N) is 1. The number of aliphatic carboxylic acids is 1. The van der Waals surface area contributed by atoms with Crippen molar-refractivity contribution in [3.05, 3.63) is 11.1 Å². The number of hydrogen-bond donors (Lipinski definition) is 2. The van der Waals surface area contributed by atoms with Crippen LogP contribution in [0, 0.1) is 0 Å². The van der Waals surface area contributed by atoms with Crippen LogP contribution in [0.2, 0.25) is 0 Å². The molecule has 0 aliphatic heterocycles. The number of aromatic nitrogens is 1. The summed E-state index contributed by atoms with van der Waals surface area (Å²) in [6, 6.07) is 0. The normalized spacial score (nSPS) is 11.5. The highest BCUT2D eigenvalue weighted by molar-refractivity contribution is 7.13. The number of carbonyl (C=O) groups is 1. The average Bonchev–Trinajstić information content (AvgIpc) is 2.72. The molecule has 2 N–H and O–H groups in total.